The van der Waals surface area contributed by atoms with Crippen LogP contribution in [-0.4, -0.2) is 57.8 Å². The molecule has 5 nitrogen and oxygen atoms in total. The number of thioether (sulfide) groups is 1. The number of aromatic hydroxyl groups is 1. The van der Waals surface area contributed by atoms with Gasteiger partial charge in [0, 0.05) is 36.5 Å². The van der Waals surface area contributed by atoms with Gasteiger partial charge < -0.3 is 10.4 Å². The van der Waals surface area contributed by atoms with Crippen LogP contribution in [-0.2, 0) is 11.2 Å². The second-order valence-electron chi connectivity index (χ2n) is 9.31. The number of hydrogen-bond acceptors (Lipinski definition) is 5. The number of rotatable bonds is 9. The molecule has 34 heavy (non-hydrogen) atoms. The van der Waals surface area contributed by atoms with Crippen molar-refractivity contribution in [2.45, 2.75) is 47.9 Å². The number of likely N-dealkylation sites (N-methyl/N-ethyl adjacent to an activating group) is 1. The number of carbonyl (C=O) groups is 1. The molecule has 2 aliphatic rings. The predicted molar refractivity (Wildman–Crippen MR) is 122 cm³/mol. The molecule has 184 valence electrons. The van der Waals surface area contributed by atoms with Crippen molar-refractivity contribution in [3.63, 3.8) is 0 Å². The summed E-state index contributed by atoms with van der Waals surface area (Å²) in [6.07, 6.45) is -1.21. The molecule has 0 radical (unpaired) electrons. The Morgan fingerprint density at radius 3 is 2.62 bits per heavy atom. The van der Waals surface area contributed by atoms with Gasteiger partial charge in [-0.3, -0.25) is 14.7 Å². The molecule has 2 aromatic rings. The van der Waals surface area contributed by atoms with Crippen molar-refractivity contribution in [1.29, 1.82) is 0 Å². The van der Waals surface area contributed by atoms with Crippen molar-refractivity contribution in [2.75, 3.05) is 20.6 Å². The minimum Gasteiger partial charge on any atom is -0.505 e. The molecule has 1 saturated carbocycles. The van der Waals surface area contributed by atoms with Gasteiger partial charge in [0.2, 0.25) is 5.91 Å². The molecule has 2 N–H and O–H groups in total. The monoisotopic (exact) mass is 497 g/mol. The summed E-state index contributed by atoms with van der Waals surface area (Å²) >= 11 is 1.61. The summed E-state index contributed by atoms with van der Waals surface area (Å²) in [4.78, 5) is 18.4. The first kappa shape index (κ1) is 24.8. The maximum atomic E-state index is 13.9. The Balaban J connectivity index is 1.42. The van der Waals surface area contributed by atoms with Gasteiger partial charge in [-0.05, 0) is 62.7 Å². The molecule has 3 atom stereocenters. The summed E-state index contributed by atoms with van der Waals surface area (Å²) in [5.74, 6) is -2.52. The number of benzene rings is 1. The van der Waals surface area contributed by atoms with Gasteiger partial charge in [-0.15, -0.1) is 11.8 Å². The first-order chi connectivity index (χ1) is 16.0. The zero-order valence-electron chi connectivity index (χ0n) is 18.9. The number of alkyl halides is 3. The van der Waals surface area contributed by atoms with E-state index in [2.05, 4.69) is 10.3 Å². The number of aromatic nitrogens is 1. The zero-order chi connectivity index (χ0) is 24.7. The number of nitrogens with one attached hydrogen (secondary N) is 1. The molecule has 0 spiro atoms. The summed E-state index contributed by atoms with van der Waals surface area (Å²) in [5, 5.41) is 12.3. The molecule has 10 heteroatoms. The fraction of sp³-hybridized carbons (Fsp3) is 0.500. The lowest BCUT2D eigenvalue weighted by molar-refractivity contribution is -0.194. The first-order valence-electron chi connectivity index (χ1n) is 11.0. The average Bonchev–Trinajstić information content (AvgIpc) is 3.69. The van der Waals surface area contributed by atoms with Crippen molar-refractivity contribution >= 4 is 17.7 Å². The molecule has 2 heterocycles. The maximum Gasteiger partial charge on any atom is 0.395 e. The fourth-order valence-corrected chi connectivity index (χ4v) is 6.12. The predicted octanol–water partition coefficient (Wildman–Crippen LogP) is 4.47. The Morgan fingerprint density at radius 1 is 1.32 bits per heavy atom. The van der Waals surface area contributed by atoms with Gasteiger partial charge in [-0.1, -0.05) is 12.1 Å². The molecule has 2 fully saturated rings. The minimum absolute atomic E-state index is 0.00604. The smallest absolute Gasteiger partial charge is 0.395 e. The summed E-state index contributed by atoms with van der Waals surface area (Å²) < 4.78 is 55.3. The van der Waals surface area contributed by atoms with E-state index in [0.29, 0.717) is 12.0 Å². The van der Waals surface area contributed by atoms with Gasteiger partial charge >= 0.3 is 6.18 Å². The molecular formula is C24H27F4N3O2S. The van der Waals surface area contributed by atoms with E-state index in [4.69, 9.17) is 0 Å². The molecular weight excluding hydrogens is 470 g/mol. The Kier molecular flexibility index (Phi) is 6.58. The maximum absolute atomic E-state index is 13.9. The Hall–Kier alpha value is -2.33. The standard InChI is InChI=1S/C24H27F4N3O2S/c1-31(2)23(20(34-23)11-15-5-6-19(32)18(25)10-15)14-30-21(33)12-17(16-4-3-9-29-13-16)22(7-8-22)24(26,27)28/h3-6,9-10,13,17,20,32H,7-8,11-12,14H2,1-2H3,(H,30,33)/t17-,20?,23-/m1/s1. The van der Waals surface area contributed by atoms with Crippen LogP contribution < -0.4 is 5.32 Å². The van der Waals surface area contributed by atoms with Gasteiger partial charge in [0.1, 0.15) is 0 Å². The highest BCUT2D eigenvalue weighted by Crippen LogP contribution is 2.66. The van der Waals surface area contributed by atoms with Crippen LogP contribution >= 0.6 is 11.8 Å². The van der Waals surface area contributed by atoms with Crippen LogP contribution in [0.4, 0.5) is 17.6 Å². The van der Waals surface area contributed by atoms with Crippen molar-refractivity contribution in [3.05, 3.63) is 59.7 Å². The van der Waals surface area contributed by atoms with Crippen LogP contribution in [0.5, 0.6) is 5.75 Å². The molecule has 0 bridgehead atoms. The van der Waals surface area contributed by atoms with E-state index >= 15 is 0 Å². The first-order valence-corrected chi connectivity index (χ1v) is 11.9. The van der Waals surface area contributed by atoms with Gasteiger partial charge in [-0.2, -0.15) is 13.2 Å². The zero-order valence-corrected chi connectivity index (χ0v) is 19.7. The lowest BCUT2D eigenvalue weighted by Gasteiger charge is -2.30. The normalized spacial score (nSPS) is 24.0. The lowest BCUT2D eigenvalue weighted by atomic mass is 9.80. The third-order valence-electron chi connectivity index (χ3n) is 7.02. The Labute approximate surface area is 199 Å². The highest BCUT2D eigenvalue weighted by atomic mass is 32.2. The van der Waals surface area contributed by atoms with E-state index in [-0.39, 0.29) is 31.1 Å². The summed E-state index contributed by atoms with van der Waals surface area (Å²) in [6.45, 7) is 0.257. The number of phenols is 1. The van der Waals surface area contributed by atoms with E-state index in [0.717, 1.165) is 5.56 Å². The number of carbonyl (C=O) groups excluding carboxylic acids is 1. The van der Waals surface area contributed by atoms with E-state index in [1.807, 2.05) is 19.0 Å². The van der Waals surface area contributed by atoms with Crippen LogP contribution in [0.3, 0.4) is 0 Å². The molecule has 1 aromatic heterocycles. The van der Waals surface area contributed by atoms with E-state index in [9.17, 15) is 27.5 Å². The number of pyridine rings is 1. The molecule has 1 amide bonds. The molecule has 1 aliphatic heterocycles. The molecule has 1 aliphatic carbocycles. The number of nitrogens with zero attached hydrogens (tertiary/aromatic N) is 2. The SMILES string of the molecule is CN(C)[C@]1(CNC(=O)C[C@H](c2cccnc2)C2(C(F)(F)F)CC2)SC1Cc1ccc(O)c(F)c1. The van der Waals surface area contributed by atoms with Crippen LogP contribution in [0.15, 0.2) is 42.7 Å². The van der Waals surface area contributed by atoms with Crippen molar-refractivity contribution in [3.8, 4) is 5.75 Å². The Morgan fingerprint density at radius 2 is 2.06 bits per heavy atom. The molecule has 1 unspecified atom stereocenters. The van der Waals surface area contributed by atoms with Crippen molar-refractivity contribution in [2.24, 2.45) is 5.41 Å². The quantitative estimate of drug-likeness (QED) is 0.395. The Bertz CT molecular complexity index is 1050. The number of hydrogen-bond donors (Lipinski definition) is 2. The van der Waals surface area contributed by atoms with Gasteiger partial charge in [0.15, 0.2) is 11.6 Å². The van der Waals surface area contributed by atoms with Crippen LogP contribution in [0.25, 0.3) is 0 Å². The van der Waals surface area contributed by atoms with E-state index in [1.54, 1.807) is 30.0 Å². The molecule has 4 rings (SSSR count). The molecule has 1 aromatic carbocycles. The summed E-state index contributed by atoms with van der Waals surface area (Å²) in [5.41, 5.74) is -0.741. The van der Waals surface area contributed by atoms with Crippen molar-refractivity contribution in [1.82, 2.24) is 15.2 Å². The van der Waals surface area contributed by atoms with E-state index < -0.39 is 39.9 Å². The average molecular weight is 498 g/mol. The summed E-state index contributed by atoms with van der Waals surface area (Å²) in [6, 6.07) is 7.44. The van der Waals surface area contributed by atoms with Crippen molar-refractivity contribution < 1.29 is 27.5 Å². The summed E-state index contributed by atoms with van der Waals surface area (Å²) in [7, 11) is 3.75. The number of amides is 1. The number of phenolic OH excluding ortho intramolecular Hbond substituents is 1. The fourth-order valence-electron chi connectivity index (χ4n) is 4.67. The molecule has 1 saturated heterocycles. The largest absolute Gasteiger partial charge is 0.505 e. The third-order valence-corrected chi connectivity index (χ3v) is 8.81. The van der Waals surface area contributed by atoms with E-state index in [1.165, 1.54) is 24.5 Å². The third kappa shape index (κ3) is 4.75. The minimum atomic E-state index is -4.39. The van der Waals surface area contributed by atoms with Crippen LogP contribution in [0.2, 0.25) is 0 Å². The van der Waals surface area contributed by atoms with Crippen LogP contribution in [0.1, 0.15) is 36.3 Å². The topological polar surface area (TPSA) is 65.5 Å². The van der Waals surface area contributed by atoms with Gasteiger partial charge in [0.25, 0.3) is 0 Å². The highest BCUT2D eigenvalue weighted by molar-refractivity contribution is 8.08. The lowest BCUT2D eigenvalue weighted by Crippen LogP contribution is -2.45. The van der Waals surface area contributed by atoms with Gasteiger partial charge in [0.05, 0.1) is 10.3 Å². The van der Waals surface area contributed by atoms with Crippen LogP contribution in [0, 0.1) is 11.2 Å². The second kappa shape index (κ2) is 9.03. The highest BCUT2D eigenvalue weighted by Gasteiger charge is 2.67. The second-order valence-corrected chi connectivity index (χ2v) is 10.8. The number of halogens is 4. The van der Waals surface area contributed by atoms with Gasteiger partial charge in [-0.25, -0.2) is 4.39 Å².